The van der Waals surface area contributed by atoms with E-state index in [1.165, 1.54) is 0 Å². The minimum atomic E-state index is 0.0384. The molecule has 0 unspecified atom stereocenters. The summed E-state index contributed by atoms with van der Waals surface area (Å²) in [6.45, 7) is 7.71. The van der Waals surface area contributed by atoms with Crippen LogP contribution in [-0.2, 0) is 6.54 Å². The van der Waals surface area contributed by atoms with Crippen LogP contribution in [0, 0.1) is 0 Å². The quantitative estimate of drug-likeness (QED) is 0.708. The maximum absolute atomic E-state index is 5.67. The molecule has 5 nitrogen and oxygen atoms in total. The van der Waals surface area contributed by atoms with E-state index in [1.54, 1.807) is 6.26 Å². The average molecular weight is 348 g/mol. The fraction of sp³-hybridized carbons (Fsp3) is 0.389. The van der Waals surface area contributed by atoms with Crippen molar-refractivity contribution in [3.63, 3.8) is 0 Å². The van der Waals surface area contributed by atoms with Crippen molar-refractivity contribution in [3.05, 3.63) is 47.9 Å². The summed E-state index contributed by atoms with van der Waals surface area (Å²) in [5.74, 6) is 2.35. The zero-order chi connectivity index (χ0) is 17.4. The molecule has 0 saturated heterocycles. The van der Waals surface area contributed by atoms with Crippen LogP contribution in [0.15, 0.2) is 41.0 Å². The predicted molar refractivity (Wildman–Crippen MR) is 98.5 cm³/mol. The highest BCUT2D eigenvalue weighted by molar-refractivity contribution is 7.80. The molecular weight excluding hydrogens is 324 g/mol. The molecule has 1 aromatic carbocycles. The molecule has 0 saturated carbocycles. The molecule has 1 heterocycles. The second kappa shape index (κ2) is 9.17. The summed E-state index contributed by atoms with van der Waals surface area (Å²) in [6, 6.07) is 9.73. The number of furan rings is 1. The van der Waals surface area contributed by atoms with Crippen molar-refractivity contribution in [2.75, 3.05) is 13.2 Å². The summed E-state index contributed by atoms with van der Waals surface area (Å²) in [7, 11) is 0. The highest BCUT2D eigenvalue weighted by Gasteiger charge is 2.12. The lowest BCUT2D eigenvalue weighted by atomic mass is 10.1. The number of nitrogens with one attached hydrogen (secondary N) is 2. The Kier molecular flexibility index (Phi) is 6.93. The Morgan fingerprint density at radius 1 is 1.17 bits per heavy atom. The molecular formula is C18H24N2O3S. The maximum atomic E-state index is 5.67. The van der Waals surface area contributed by atoms with Gasteiger partial charge in [-0.2, -0.15) is 0 Å². The number of hydrogen-bond acceptors (Lipinski definition) is 4. The van der Waals surface area contributed by atoms with E-state index in [0.717, 1.165) is 22.8 Å². The van der Waals surface area contributed by atoms with Gasteiger partial charge in [-0.05, 0) is 62.8 Å². The molecule has 2 rings (SSSR count). The molecule has 0 bridgehead atoms. The predicted octanol–water partition coefficient (Wildman–Crippen LogP) is 3.80. The summed E-state index contributed by atoms with van der Waals surface area (Å²) in [5.41, 5.74) is 1.07. The van der Waals surface area contributed by atoms with Gasteiger partial charge in [0.05, 0.1) is 32.1 Å². The van der Waals surface area contributed by atoms with Crippen molar-refractivity contribution in [2.24, 2.45) is 0 Å². The Morgan fingerprint density at radius 2 is 1.92 bits per heavy atom. The van der Waals surface area contributed by atoms with Gasteiger partial charge in [0.2, 0.25) is 0 Å². The third-order valence-electron chi connectivity index (χ3n) is 3.42. The van der Waals surface area contributed by atoms with Gasteiger partial charge in [-0.3, -0.25) is 0 Å². The van der Waals surface area contributed by atoms with Crippen molar-refractivity contribution in [3.8, 4) is 11.5 Å². The molecule has 0 spiro atoms. The van der Waals surface area contributed by atoms with Gasteiger partial charge < -0.3 is 24.5 Å². The molecule has 0 amide bonds. The minimum Gasteiger partial charge on any atom is -0.490 e. The number of benzene rings is 1. The average Bonchev–Trinajstić information content (AvgIpc) is 3.08. The van der Waals surface area contributed by atoms with Crippen LogP contribution in [0.5, 0.6) is 11.5 Å². The Hall–Kier alpha value is -2.21. The van der Waals surface area contributed by atoms with E-state index in [2.05, 4.69) is 10.6 Å². The molecule has 0 aliphatic heterocycles. The van der Waals surface area contributed by atoms with E-state index in [1.807, 2.05) is 51.1 Å². The summed E-state index contributed by atoms with van der Waals surface area (Å²) in [4.78, 5) is 0. The van der Waals surface area contributed by atoms with Crippen molar-refractivity contribution >= 4 is 17.3 Å². The third-order valence-corrected chi connectivity index (χ3v) is 3.68. The number of ether oxygens (including phenoxy) is 2. The second-order valence-corrected chi connectivity index (χ2v) is 5.61. The first-order chi connectivity index (χ1) is 11.6. The normalized spacial score (nSPS) is 11.6. The number of hydrogen-bond donors (Lipinski definition) is 2. The van der Waals surface area contributed by atoms with Gasteiger partial charge >= 0.3 is 0 Å². The van der Waals surface area contributed by atoms with Crippen LogP contribution >= 0.6 is 12.2 Å². The van der Waals surface area contributed by atoms with Gasteiger partial charge in [0.1, 0.15) is 5.76 Å². The number of thiocarbonyl (C=S) groups is 1. The van der Waals surface area contributed by atoms with Gasteiger partial charge in [0, 0.05) is 0 Å². The van der Waals surface area contributed by atoms with Gasteiger partial charge in [-0.1, -0.05) is 6.07 Å². The van der Waals surface area contributed by atoms with Crippen molar-refractivity contribution in [2.45, 2.75) is 33.4 Å². The van der Waals surface area contributed by atoms with E-state index < -0.39 is 0 Å². The lowest BCUT2D eigenvalue weighted by Crippen LogP contribution is -2.36. The Balaban J connectivity index is 1.96. The van der Waals surface area contributed by atoms with Crippen molar-refractivity contribution in [1.82, 2.24) is 10.6 Å². The number of rotatable bonds is 8. The highest BCUT2D eigenvalue weighted by atomic mass is 32.1. The molecule has 24 heavy (non-hydrogen) atoms. The minimum absolute atomic E-state index is 0.0384. The lowest BCUT2D eigenvalue weighted by Gasteiger charge is -2.19. The Bertz CT molecular complexity index is 644. The molecule has 0 aliphatic carbocycles. The summed E-state index contributed by atoms with van der Waals surface area (Å²) < 4.78 is 16.5. The summed E-state index contributed by atoms with van der Waals surface area (Å²) in [6.07, 6.45) is 1.64. The largest absolute Gasteiger partial charge is 0.490 e. The topological polar surface area (TPSA) is 55.7 Å². The Labute approximate surface area is 148 Å². The molecule has 1 aromatic heterocycles. The first kappa shape index (κ1) is 18.1. The smallest absolute Gasteiger partial charge is 0.167 e. The molecule has 1 atom stereocenters. The van der Waals surface area contributed by atoms with Crippen LogP contribution in [0.3, 0.4) is 0 Å². The zero-order valence-electron chi connectivity index (χ0n) is 14.3. The standard InChI is InChI=1S/C18H24N2O3S/c1-4-21-16-9-8-14(11-17(16)22-5-2)13(3)20-18(24)19-12-15-7-6-10-23-15/h6-11,13H,4-5,12H2,1-3H3,(H2,19,20,24)/t13-/m1/s1. The highest BCUT2D eigenvalue weighted by Crippen LogP contribution is 2.30. The molecule has 130 valence electrons. The summed E-state index contributed by atoms with van der Waals surface area (Å²) >= 11 is 5.33. The molecule has 0 fully saturated rings. The first-order valence-corrected chi connectivity index (χ1v) is 8.51. The molecule has 0 aliphatic rings. The maximum Gasteiger partial charge on any atom is 0.167 e. The molecule has 0 radical (unpaired) electrons. The van der Waals surface area contributed by atoms with Crippen LogP contribution in [0.4, 0.5) is 0 Å². The third kappa shape index (κ3) is 5.16. The molecule has 6 heteroatoms. The summed E-state index contributed by atoms with van der Waals surface area (Å²) in [5, 5.41) is 6.96. The van der Waals surface area contributed by atoms with Crippen LogP contribution in [-0.4, -0.2) is 18.3 Å². The second-order valence-electron chi connectivity index (χ2n) is 5.20. The van der Waals surface area contributed by atoms with Crippen LogP contribution in [0.25, 0.3) is 0 Å². The van der Waals surface area contributed by atoms with E-state index in [4.69, 9.17) is 26.1 Å². The Morgan fingerprint density at radius 3 is 2.58 bits per heavy atom. The van der Waals surface area contributed by atoms with Gasteiger partial charge in [0.15, 0.2) is 16.6 Å². The van der Waals surface area contributed by atoms with Crippen LogP contribution in [0.1, 0.15) is 38.1 Å². The van der Waals surface area contributed by atoms with E-state index in [-0.39, 0.29) is 6.04 Å². The fourth-order valence-corrected chi connectivity index (χ4v) is 2.50. The van der Waals surface area contributed by atoms with Crippen LogP contribution in [0.2, 0.25) is 0 Å². The SMILES string of the molecule is CCOc1ccc([C@@H](C)NC(=S)NCc2ccco2)cc1OCC. The molecule has 2 aromatic rings. The van der Waals surface area contributed by atoms with E-state index in [9.17, 15) is 0 Å². The monoisotopic (exact) mass is 348 g/mol. The van der Waals surface area contributed by atoms with E-state index >= 15 is 0 Å². The van der Waals surface area contributed by atoms with Gasteiger partial charge in [-0.25, -0.2) is 0 Å². The van der Waals surface area contributed by atoms with Gasteiger partial charge in [0.25, 0.3) is 0 Å². The van der Waals surface area contributed by atoms with Crippen molar-refractivity contribution < 1.29 is 13.9 Å². The van der Waals surface area contributed by atoms with Crippen molar-refractivity contribution in [1.29, 1.82) is 0 Å². The van der Waals surface area contributed by atoms with E-state index in [0.29, 0.717) is 24.9 Å². The fourth-order valence-electron chi connectivity index (χ4n) is 2.25. The zero-order valence-corrected chi connectivity index (χ0v) is 15.1. The lowest BCUT2D eigenvalue weighted by molar-refractivity contribution is 0.287. The van der Waals surface area contributed by atoms with Crippen LogP contribution < -0.4 is 20.1 Å². The van der Waals surface area contributed by atoms with Gasteiger partial charge in [-0.15, -0.1) is 0 Å². The molecule has 2 N–H and O–H groups in total. The first-order valence-electron chi connectivity index (χ1n) is 8.10.